The summed E-state index contributed by atoms with van der Waals surface area (Å²) in [5.74, 6) is -2.81. The van der Waals surface area contributed by atoms with Crippen molar-refractivity contribution in [2.45, 2.75) is 64.0 Å². The lowest BCUT2D eigenvalue weighted by Gasteiger charge is -2.50. The van der Waals surface area contributed by atoms with E-state index in [1.165, 1.54) is 0 Å². The van der Waals surface area contributed by atoms with Crippen LogP contribution < -0.4 is 0 Å². The lowest BCUT2D eigenvalue weighted by atomic mass is 9.64. The van der Waals surface area contributed by atoms with Crippen LogP contribution in [-0.2, 0) is 14.3 Å². The molecule has 0 spiro atoms. The number of halogens is 3. The van der Waals surface area contributed by atoms with Gasteiger partial charge in [0.25, 0.3) is 0 Å². The van der Waals surface area contributed by atoms with E-state index in [2.05, 4.69) is 0 Å². The average Bonchev–Trinajstić information content (AvgIpc) is 2.55. The molecular weight excluding hydrogens is 297 g/mol. The Morgan fingerprint density at radius 1 is 1.23 bits per heavy atom. The molecule has 0 radical (unpaired) electrons. The molecule has 0 aromatic carbocycles. The summed E-state index contributed by atoms with van der Waals surface area (Å²) < 4.78 is 51.2. The summed E-state index contributed by atoms with van der Waals surface area (Å²) in [7, 11) is 0. The number of carbonyl (C=O) groups excluding carboxylic acids is 1. The molecule has 0 N–H and O–H groups in total. The van der Waals surface area contributed by atoms with E-state index in [1.54, 1.807) is 6.92 Å². The predicted molar refractivity (Wildman–Crippen MR) is 72.7 cm³/mol. The molecule has 0 amide bonds. The third-order valence-corrected chi connectivity index (χ3v) is 5.37. The highest BCUT2D eigenvalue weighted by atomic mass is 19.4. The van der Waals surface area contributed by atoms with Gasteiger partial charge in [-0.1, -0.05) is 6.42 Å². The Morgan fingerprint density at radius 3 is 2.59 bits per heavy atom. The summed E-state index contributed by atoms with van der Waals surface area (Å²) in [5, 5.41) is 0. The predicted octanol–water partition coefficient (Wildman–Crippen LogP) is 3.98. The van der Waals surface area contributed by atoms with Gasteiger partial charge in [-0.2, -0.15) is 13.2 Å². The topological polar surface area (TPSA) is 35.5 Å². The van der Waals surface area contributed by atoms with Crippen molar-refractivity contribution in [3.63, 3.8) is 0 Å². The van der Waals surface area contributed by atoms with Crippen LogP contribution in [0.15, 0.2) is 11.3 Å². The number of alkyl halides is 3. The number of hydrogen-bond acceptors (Lipinski definition) is 3. The number of carbonyl (C=O) groups is 1. The largest absolute Gasteiger partial charge is 0.457 e. The minimum atomic E-state index is -4.67. The summed E-state index contributed by atoms with van der Waals surface area (Å²) in [6.07, 6.45) is -0.365. The van der Waals surface area contributed by atoms with Crippen molar-refractivity contribution in [1.29, 1.82) is 0 Å². The molecule has 3 rings (SSSR count). The van der Waals surface area contributed by atoms with Crippen molar-refractivity contribution in [3.05, 3.63) is 11.3 Å². The summed E-state index contributed by atoms with van der Waals surface area (Å²) in [5.41, 5.74) is -0.224. The molecule has 0 bridgehead atoms. The fraction of sp³-hybridized carbons (Fsp3) is 0.812. The van der Waals surface area contributed by atoms with Gasteiger partial charge in [-0.3, -0.25) is 4.79 Å². The highest BCUT2D eigenvalue weighted by Crippen LogP contribution is 2.55. The van der Waals surface area contributed by atoms with Crippen LogP contribution in [0.1, 0.15) is 46.0 Å². The zero-order valence-corrected chi connectivity index (χ0v) is 12.8. The van der Waals surface area contributed by atoms with E-state index in [9.17, 15) is 18.0 Å². The van der Waals surface area contributed by atoms with Gasteiger partial charge in [0.1, 0.15) is 6.29 Å². The molecule has 1 saturated carbocycles. The van der Waals surface area contributed by atoms with Crippen LogP contribution in [0.5, 0.6) is 0 Å². The summed E-state index contributed by atoms with van der Waals surface area (Å²) in [4.78, 5) is 11.4. The van der Waals surface area contributed by atoms with E-state index in [0.717, 1.165) is 25.7 Å². The minimum Gasteiger partial charge on any atom is -0.457 e. The molecule has 2 fully saturated rings. The molecule has 2 unspecified atom stereocenters. The quantitative estimate of drug-likeness (QED) is 0.686. The van der Waals surface area contributed by atoms with Crippen LogP contribution in [0.25, 0.3) is 0 Å². The van der Waals surface area contributed by atoms with Crippen LogP contribution in [0.3, 0.4) is 0 Å². The van der Waals surface area contributed by atoms with Crippen LogP contribution >= 0.6 is 0 Å². The molecule has 0 aromatic rings. The number of aldehydes is 1. The second kappa shape index (κ2) is 5.25. The normalized spacial score (nSPS) is 42.2. The molecule has 6 heteroatoms. The van der Waals surface area contributed by atoms with Gasteiger partial charge in [0, 0.05) is 24.3 Å². The zero-order valence-electron chi connectivity index (χ0n) is 12.8. The van der Waals surface area contributed by atoms with Crippen LogP contribution in [0, 0.1) is 17.8 Å². The first-order valence-corrected chi connectivity index (χ1v) is 7.89. The summed E-state index contributed by atoms with van der Waals surface area (Å²) in [6.45, 7) is 3.48. The van der Waals surface area contributed by atoms with Gasteiger partial charge in [-0.05, 0) is 38.5 Å². The lowest BCUT2D eigenvalue weighted by Crippen LogP contribution is -2.53. The van der Waals surface area contributed by atoms with Gasteiger partial charge in [0.15, 0.2) is 0 Å². The van der Waals surface area contributed by atoms with Crippen LogP contribution in [0.4, 0.5) is 13.2 Å². The first kappa shape index (κ1) is 15.8. The highest BCUT2D eigenvalue weighted by Gasteiger charge is 2.58. The van der Waals surface area contributed by atoms with Crippen molar-refractivity contribution < 1.29 is 27.4 Å². The van der Waals surface area contributed by atoms with E-state index in [1.807, 2.05) is 6.92 Å². The maximum atomic E-state index is 13.3. The van der Waals surface area contributed by atoms with E-state index >= 15 is 0 Å². The van der Waals surface area contributed by atoms with Crippen molar-refractivity contribution in [1.82, 2.24) is 0 Å². The summed E-state index contributed by atoms with van der Waals surface area (Å²) in [6, 6.07) is 0. The average molecular weight is 318 g/mol. The maximum absolute atomic E-state index is 13.3. The zero-order chi connectivity index (χ0) is 16.1. The van der Waals surface area contributed by atoms with E-state index in [4.69, 9.17) is 9.47 Å². The fourth-order valence-electron chi connectivity index (χ4n) is 4.62. The van der Waals surface area contributed by atoms with Crippen LogP contribution in [0.2, 0.25) is 0 Å². The molecule has 3 nitrogen and oxygen atoms in total. The molecule has 22 heavy (non-hydrogen) atoms. The second-order valence-electron chi connectivity index (χ2n) is 6.85. The van der Waals surface area contributed by atoms with Gasteiger partial charge >= 0.3 is 6.18 Å². The van der Waals surface area contributed by atoms with Crippen molar-refractivity contribution >= 4 is 6.29 Å². The van der Waals surface area contributed by atoms with Gasteiger partial charge in [-0.15, -0.1) is 0 Å². The standard InChI is InChI=1S/C16H21F3O3/c1-9-6-7-10-4-3-5-11-12(8-20)14(16(17,18)19)22-15(2,21-9)13(10)11/h8-11,13H,3-7H2,1-2H3/t9-,10?,11-,13?,15+/m0/s1. The van der Waals surface area contributed by atoms with E-state index in [-0.39, 0.29) is 23.5 Å². The molecule has 0 aromatic heterocycles. The lowest BCUT2D eigenvalue weighted by molar-refractivity contribution is -0.298. The Labute approximate surface area is 127 Å². The van der Waals surface area contributed by atoms with Gasteiger partial charge in [0.05, 0.1) is 6.10 Å². The molecule has 1 saturated heterocycles. The smallest absolute Gasteiger partial charge is 0.449 e. The van der Waals surface area contributed by atoms with Crippen molar-refractivity contribution in [2.24, 2.45) is 17.8 Å². The number of ether oxygens (including phenoxy) is 2. The van der Waals surface area contributed by atoms with Gasteiger partial charge in [0.2, 0.25) is 11.5 Å². The SMILES string of the molecule is C[C@H]1CCC2CCC[C@H]3C(C=O)=C(C(F)(F)F)O[C@@](C)(O1)C23. The Balaban J connectivity index is 2.11. The van der Waals surface area contributed by atoms with E-state index in [0.29, 0.717) is 12.7 Å². The Bertz CT molecular complexity index is 499. The molecule has 3 aliphatic rings. The van der Waals surface area contributed by atoms with Crippen molar-refractivity contribution in [3.8, 4) is 0 Å². The number of allylic oxidation sites excluding steroid dienone is 2. The second-order valence-corrected chi connectivity index (χ2v) is 6.85. The van der Waals surface area contributed by atoms with E-state index < -0.39 is 23.6 Å². The third kappa shape index (κ3) is 2.45. The monoisotopic (exact) mass is 318 g/mol. The first-order valence-electron chi connectivity index (χ1n) is 7.89. The van der Waals surface area contributed by atoms with Gasteiger partial charge in [-0.25, -0.2) is 0 Å². The van der Waals surface area contributed by atoms with Crippen molar-refractivity contribution in [2.75, 3.05) is 0 Å². The Hall–Kier alpha value is -1.04. The third-order valence-electron chi connectivity index (χ3n) is 5.37. The summed E-state index contributed by atoms with van der Waals surface area (Å²) >= 11 is 0. The minimum absolute atomic E-state index is 0.150. The van der Waals surface area contributed by atoms with Crippen LogP contribution in [-0.4, -0.2) is 24.4 Å². The highest BCUT2D eigenvalue weighted by molar-refractivity contribution is 5.76. The fourth-order valence-corrected chi connectivity index (χ4v) is 4.62. The Kier molecular flexibility index (Phi) is 3.78. The van der Waals surface area contributed by atoms with Gasteiger partial charge < -0.3 is 9.47 Å². The number of hydrogen-bond donors (Lipinski definition) is 0. The molecule has 5 atom stereocenters. The maximum Gasteiger partial charge on any atom is 0.449 e. The first-order chi connectivity index (χ1) is 10.3. The molecule has 2 aliphatic heterocycles. The number of rotatable bonds is 1. The molecule has 1 aliphatic carbocycles. The molecule has 2 heterocycles. The molecule has 124 valence electrons. The molecular formula is C16H21F3O3. The Morgan fingerprint density at radius 2 is 1.95 bits per heavy atom.